The van der Waals surface area contributed by atoms with Crippen molar-refractivity contribution in [3.05, 3.63) is 80.6 Å². The van der Waals surface area contributed by atoms with Gasteiger partial charge < -0.3 is 9.40 Å². The summed E-state index contributed by atoms with van der Waals surface area (Å²) in [5.74, 6) is -0.743. The summed E-state index contributed by atoms with van der Waals surface area (Å²) in [6, 6.07) is 10.7. The van der Waals surface area contributed by atoms with Gasteiger partial charge in [-0.15, -0.1) is 5.10 Å². The fourth-order valence-corrected chi connectivity index (χ4v) is 2.68. The Labute approximate surface area is 145 Å². The van der Waals surface area contributed by atoms with E-state index in [1.807, 2.05) is 13.0 Å². The molecule has 0 aliphatic heterocycles. The van der Waals surface area contributed by atoms with Crippen LogP contribution in [0.5, 0.6) is 0 Å². The zero-order valence-electron chi connectivity index (χ0n) is 13.7. The quantitative estimate of drug-likeness (QED) is 0.610. The van der Waals surface area contributed by atoms with E-state index in [0.29, 0.717) is 16.5 Å². The Hall–Kier alpha value is -3.55. The van der Waals surface area contributed by atoms with E-state index in [0.717, 1.165) is 10.2 Å². The topological polar surface area (TPSA) is 93.8 Å². The molecule has 2 aromatic heterocycles. The van der Waals surface area contributed by atoms with Gasteiger partial charge >= 0.3 is 5.76 Å². The van der Waals surface area contributed by atoms with Gasteiger partial charge in [-0.3, -0.25) is 4.79 Å². The fourth-order valence-electron chi connectivity index (χ4n) is 2.68. The summed E-state index contributed by atoms with van der Waals surface area (Å²) in [4.78, 5) is 31.3. The van der Waals surface area contributed by atoms with Crippen molar-refractivity contribution < 1.29 is 8.81 Å². The van der Waals surface area contributed by atoms with Gasteiger partial charge in [-0.25, -0.2) is 14.2 Å². The van der Waals surface area contributed by atoms with Crippen molar-refractivity contribution in [1.82, 2.24) is 19.7 Å². The minimum Gasteiger partial charge on any atom is -0.388 e. The van der Waals surface area contributed by atoms with E-state index in [1.54, 1.807) is 12.1 Å². The lowest BCUT2D eigenvalue weighted by molar-refractivity contribution is 0.491. The molecule has 0 atom stereocenters. The molecule has 4 aromatic rings. The smallest absolute Gasteiger partial charge is 0.388 e. The maximum absolute atomic E-state index is 13.0. The third-order valence-electron chi connectivity index (χ3n) is 3.98. The Balaban J connectivity index is 1.73. The van der Waals surface area contributed by atoms with E-state index in [9.17, 15) is 14.0 Å². The van der Waals surface area contributed by atoms with Crippen LogP contribution in [0.25, 0.3) is 22.4 Å². The lowest BCUT2D eigenvalue weighted by Crippen LogP contribution is -2.21. The van der Waals surface area contributed by atoms with E-state index >= 15 is 0 Å². The number of para-hydroxylation sites is 1. The monoisotopic (exact) mass is 352 g/mol. The Morgan fingerprint density at radius 3 is 2.69 bits per heavy atom. The molecule has 0 aliphatic carbocycles. The standard InChI is InChI=1S/C18H13FN4O3/c1-10-3-2-4-13-15(10)20-14(21-16(13)24)9-23-18(25)26-17(22-23)11-5-7-12(19)8-6-11/h2-8H,9H2,1H3,(H,20,21,24). The number of H-pyrrole nitrogens is 1. The second-order valence-corrected chi connectivity index (χ2v) is 5.82. The van der Waals surface area contributed by atoms with Crippen LogP contribution in [0.3, 0.4) is 0 Å². The molecule has 130 valence electrons. The van der Waals surface area contributed by atoms with E-state index < -0.39 is 11.6 Å². The molecule has 0 saturated heterocycles. The maximum Gasteiger partial charge on any atom is 0.437 e. The summed E-state index contributed by atoms with van der Waals surface area (Å²) < 4.78 is 19.2. The number of hydrogen-bond acceptors (Lipinski definition) is 5. The van der Waals surface area contributed by atoms with Gasteiger partial charge in [0.25, 0.3) is 5.56 Å². The molecule has 7 nitrogen and oxygen atoms in total. The Morgan fingerprint density at radius 1 is 1.15 bits per heavy atom. The summed E-state index contributed by atoms with van der Waals surface area (Å²) in [6.45, 7) is 1.80. The SMILES string of the molecule is Cc1cccc2c(=O)[nH]c(Cn3nc(-c4ccc(F)cc4)oc3=O)nc12. The van der Waals surface area contributed by atoms with Gasteiger partial charge in [-0.05, 0) is 42.8 Å². The average molecular weight is 352 g/mol. The van der Waals surface area contributed by atoms with Crippen LogP contribution in [0.1, 0.15) is 11.4 Å². The highest BCUT2D eigenvalue weighted by atomic mass is 19.1. The van der Waals surface area contributed by atoms with E-state index in [1.165, 1.54) is 24.3 Å². The van der Waals surface area contributed by atoms with Crippen molar-refractivity contribution >= 4 is 10.9 Å². The van der Waals surface area contributed by atoms with Crippen LogP contribution in [0.15, 0.2) is 56.5 Å². The van der Waals surface area contributed by atoms with Crippen LogP contribution in [0, 0.1) is 12.7 Å². The predicted octanol–water partition coefficient (Wildman–Crippen LogP) is 2.24. The number of benzene rings is 2. The highest BCUT2D eigenvalue weighted by Crippen LogP contribution is 2.16. The predicted molar refractivity (Wildman–Crippen MR) is 92.4 cm³/mol. The van der Waals surface area contributed by atoms with Crippen LogP contribution in [-0.4, -0.2) is 19.7 Å². The second-order valence-electron chi connectivity index (χ2n) is 5.82. The minimum atomic E-state index is -0.697. The zero-order valence-corrected chi connectivity index (χ0v) is 13.7. The Bertz CT molecular complexity index is 1220. The molecule has 0 aliphatic rings. The van der Waals surface area contributed by atoms with Crippen LogP contribution in [0.2, 0.25) is 0 Å². The first-order valence-electron chi connectivity index (χ1n) is 7.84. The number of fused-ring (bicyclic) bond motifs is 1. The number of nitrogens with one attached hydrogen (secondary N) is 1. The average Bonchev–Trinajstić information content (AvgIpc) is 2.97. The third-order valence-corrected chi connectivity index (χ3v) is 3.98. The maximum atomic E-state index is 13.0. The number of aryl methyl sites for hydroxylation is 1. The first kappa shape index (κ1) is 15.9. The van der Waals surface area contributed by atoms with Crippen LogP contribution < -0.4 is 11.3 Å². The molecule has 0 bridgehead atoms. The van der Waals surface area contributed by atoms with Crippen molar-refractivity contribution in [3.63, 3.8) is 0 Å². The summed E-state index contributed by atoms with van der Waals surface area (Å²) >= 11 is 0. The molecule has 8 heteroatoms. The number of aromatic amines is 1. The Morgan fingerprint density at radius 2 is 1.92 bits per heavy atom. The fraction of sp³-hybridized carbons (Fsp3) is 0.111. The largest absolute Gasteiger partial charge is 0.437 e. The van der Waals surface area contributed by atoms with Crippen molar-refractivity contribution in [2.24, 2.45) is 0 Å². The van der Waals surface area contributed by atoms with Gasteiger partial charge in [0.2, 0.25) is 5.89 Å². The molecule has 0 fully saturated rings. The number of rotatable bonds is 3. The molecule has 4 rings (SSSR count). The summed E-state index contributed by atoms with van der Waals surface area (Å²) in [5.41, 5.74) is 1.61. The third kappa shape index (κ3) is 2.81. The molecule has 26 heavy (non-hydrogen) atoms. The van der Waals surface area contributed by atoms with Gasteiger partial charge in [0.1, 0.15) is 18.2 Å². The minimum absolute atomic E-state index is 0.0525. The van der Waals surface area contributed by atoms with Gasteiger partial charge in [-0.1, -0.05) is 12.1 Å². The lowest BCUT2D eigenvalue weighted by Gasteiger charge is -2.04. The van der Waals surface area contributed by atoms with Crippen molar-refractivity contribution in [2.45, 2.75) is 13.5 Å². The molecule has 1 N–H and O–H groups in total. The highest BCUT2D eigenvalue weighted by Gasteiger charge is 2.13. The normalized spacial score (nSPS) is 11.2. The molecule has 0 unspecified atom stereocenters. The molecule has 0 amide bonds. The first-order chi connectivity index (χ1) is 12.5. The van der Waals surface area contributed by atoms with Crippen molar-refractivity contribution in [1.29, 1.82) is 0 Å². The number of hydrogen-bond donors (Lipinski definition) is 1. The van der Waals surface area contributed by atoms with E-state index in [4.69, 9.17) is 4.42 Å². The van der Waals surface area contributed by atoms with Crippen LogP contribution in [0.4, 0.5) is 4.39 Å². The lowest BCUT2D eigenvalue weighted by atomic mass is 10.1. The number of aromatic nitrogens is 4. The van der Waals surface area contributed by atoms with Crippen molar-refractivity contribution in [2.75, 3.05) is 0 Å². The Kier molecular flexibility index (Phi) is 3.72. The zero-order chi connectivity index (χ0) is 18.3. The summed E-state index contributed by atoms with van der Waals surface area (Å²) in [5, 5.41) is 4.57. The molecule has 2 aromatic carbocycles. The van der Waals surface area contributed by atoms with Crippen LogP contribution in [-0.2, 0) is 6.54 Å². The molecule has 2 heterocycles. The summed E-state index contributed by atoms with van der Waals surface area (Å²) in [6.07, 6.45) is 0. The summed E-state index contributed by atoms with van der Waals surface area (Å²) in [7, 11) is 0. The number of halogens is 1. The van der Waals surface area contributed by atoms with Gasteiger partial charge in [0, 0.05) is 5.56 Å². The molecule has 0 spiro atoms. The first-order valence-corrected chi connectivity index (χ1v) is 7.84. The van der Waals surface area contributed by atoms with E-state index in [2.05, 4.69) is 15.1 Å². The van der Waals surface area contributed by atoms with Gasteiger partial charge in [0.05, 0.1) is 10.9 Å². The second kappa shape index (κ2) is 6.07. The van der Waals surface area contributed by atoms with Gasteiger partial charge in [0.15, 0.2) is 0 Å². The van der Waals surface area contributed by atoms with E-state index in [-0.39, 0.29) is 23.8 Å². The molecule has 0 saturated carbocycles. The van der Waals surface area contributed by atoms with Gasteiger partial charge in [-0.2, -0.15) is 4.68 Å². The van der Waals surface area contributed by atoms with Crippen molar-refractivity contribution in [3.8, 4) is 11.5 Å². The molecular weight excluding hydrogens is 339 g/mol. The number of nitrogens with zero attached hydrogens (tertiary/aromatic N) is 3. The van der Waals surface area contributed by atoms with Crippen LogP contribution >= 0.6 is 0 Å². The molecule has 0 radical (unpaired) electrons. The molecular formula is C18H13FN4O3. The highest BCUT2D eigenvalue weighted by molar-refractivity contribution is 5.80.